The van der Waals surface area contributed by atoms with Crippen LogP contribution in [0.4, 0.5) is 29.3 Å². The Hall–Kier alpha value is -3.12. The molecule has 2 fully saturated rings. The molecule has 0 saturated carbocycles. The molecule has 12 heteroatoms. The summed E-state index contributed by atoms with van der Waals surface area (Å²) in [7, 11) is 0. The van der Waals surface area contributed by atoms with E-state index < -0.39 is 18.1 Å². The molecule has 4 rings (SSSR count). The Bertz CT molecular complexity index is 1050. The van der Waals surface area contributed by atoms with Gasteiger partial charge in [-0.25, -0.2) is 9.78 Å². The number of pyridine rings is 2. The number of ether oxygens (including phenoxy) is 2. The first kappa shape index (κ1) is 25.0. The van der Waals surface area contributed by atoms with Crippen molar-refractivity contribution in [1.29, 1.82) is 0 Å². The fraction of sp³-hybridized carbons (Fsp3) is 0.522. The lowest BCUT2D eigenvalue weighted by Crippen LogP contribution is -2.36. The van der Waals surface area contributed by atoms with E-state index in [0.717, 1.165) is 11.3 Å². The summed E-state index contributed by atoms with van der Waals surface area (Å²) < 4.78 is 50.0. The third kappa shape index (κ3) is 5.93. The molecule has 0 radical (unpaired) electrons. The van der Waals surface area contributed by atoms with Crippen LogP contribution in [0, 0.1) is 12.8 Å². The van der Waals surface area contributed by atoms with Crippen LogP contribution in [-0.2, 0) is 4.74 Å². The first-order chi connectivity index (χ1) is 16.8. The Labute approximate surface area is 200 Å². The molecule has 2 amide bonds. The summed E-state index contributed by atoms with van der Waals surface area (Å²) in [6.45, 7) is 3.92. The number of hydrogen-bond donors (Lipinski definition) is 2. The van der Waals surface area contributed by atoms with Gasteiger partial charge in [0, 0.05) is 49.2 Å². The maximum absolute atomic E-state index is 13.0. The Morgan fingerprint density at radius 3 is 2.69 bits per heavy atom. The number of aromatic nitrogens is 2. The molecule has 0 aromatic carbocycles. The number of aliphatic hydroxyl groups is 1. The third-order valence-electron chi connectivity index (χ3n) is 6.10. The van der Waals surface area contributed by atoms with Gasteiger partial charge in [0.05, 0.1) is 37.6 Å². The highest BCUT2D eigenvalue weighted by atomic mass is 19.4. The zero-order chi connectivity index (χ0) is 25.0. The Morgan fingerprint density at radius 2 is 2.00 bits per heavy atom. The lowest BCUT2D eigenvalue weighted by molar-refractivity contribution is -0.169. The van der Waals surface area contributed by atoms with E-state index in [1.54, 1.807) is 12.3 Å². The van der Waals surface area contributed by atoms with Gasteiger partial charge >= 0.3 is 12.2 Å². The number of anilines is 2. The van der Waals surface area contributed by atoms with Crippen LogP contribution in [0.1, 0.15) is 12.1 Å². The molecule has 2 N–H and O–H groups in total. The number of likely N-dealkylation sites (tertiary alicyclic amines) is 1. The standard InChI is InChI=1S/C23H28F3N5O4/c1-15-19(11-18(13-27-15)29-22(33)31-3-2-17(14-31)23(24,25)26)16-10-20(30-4-7-34-8-5-30)21(28-12-16)35-9-6-32/h10-13,17,32H,2-9,14H2,1H3,(H,29,33). The second-order valence-corrected chi connectivity index (χ2v) is 8.48. The van der Waals surface area contributed by atoms with Crippen LogP contribution >= 0.6 is 0 Å². The molecule has 0 bridgehead atoms. The van der Waals surface area contributed by atoms with Crippen molar-refractivity contribution >= 4 is 17.4 Å². The van der Waals surface area contributed by atoms with Gasteiger partial charge in [0.2, 0.25) is 5.88 Å². The zero-order valence-corrected chi connectivity index (χ0v) is 19.3. The van der Waals surface area contributed by atoms with Gasteiger partial charge in [-0.3, -0.25) is 4.98 Å². The number of carbonyl (C=O) groups is 1. The molecule has 1 unspecified atom stereocenters. The van der Waals surface area contributed by atoms with Crippen LogP contribution in [0.5, 0.6) is 5.88 Å². The van der Waals surface area contributed by atoms with Crippen molar-refractivity contribution in [2.45, 2.75) is 19.5 Å². The van der Waals surface area contributed by atoms with Crippen molar-refractivity contribution in [3.05, 3.63) is 30.2 Å². The number of aryl methyl sites for hydroxylation is 1. The fourth-order valence-corrected chi connectivity index (χ4v) is 4.18. The summed E-state index contributed by atoms with van der Waals surface area (Å²) in [5.41, 5.74) is 3.28. The highest BCUT2D eigenvalue weighted by Crippen LogP contribution is 2.35. The second-order valence-electron chi connectivity index (χ2n) is 8.48. The van der Waals surface area contributed by atoms with Gasteiger partial charge in [-0.1, -0.05) is 0 Å². The van der Waals surface area contributed by atoms with Crippen molar-refractivity contribution in [3.8, 4) is 17.0 Å². The molecule has 35 heavy (non-hydrogen) atoms. The van der Waals surface area contributed by atoms with Gasteiger partial charge in [-0.15, -0.1) is 0 Å². The monoisotopic (exact) mass is 495 g/mol. The summed E-state index contributed by atoms with van der Waals surface area (Å²) in [4.78, 5) is 24.6. The number of alkyl halides is 3. The van der Waals surface area contributed by atoms with Gasteiger partial charge < -0.3 is 29.7 Å². The number of nitrogens with one attached hydrogen (secondary N) is 1. The van der Waals surface area contributed by atoms with Crippen LogP contribution in [0.25, 0.3) is 11.1 Å². The molecular formula is C23H28F3N5O4. The van der Waals surface area contributed by atoms with Gasteiger partial charge in [0.15, 0.2) is 0 Å². The van der Waals surface area contributed by atoms with Gasteiger partial charge in [-0.2, -0.15) is 13.2 Å². The van der Waals surface area contributed by atoms with Crippen molar-refractivity contribution in [2.24, 2.45) is 5.92 Å². The van der Waals surface area contributed by atoms with Crippen LogP contribution in [-0.4, -0.2) is 84.8 Å². The number of carbonyl (C=O) groups excluding carboxylic acids is 1. The Morgan fingerprint density at radius 1 is 1.23 bits per heavy atom. The molecular weight excluding hydrogens is 467 g/mol. The van der Waals surface area contributed by atoms with E-state index in [-0.39, 0.29) is 32.7 Å². The number of morpholine rings is 1. The van der Waals surface area contributed by atoms with E-state index in [0.29, 0.717) is 49.1 Å². The average molecular weight is 496 g/mol. The summed E-state index contributed by atoms with van der Waals surface area (Å²) in [6, 6.07) is 3.05. The van der Waals surface area contributed by atoms with Crippen molar-refractivity contribution < 1.29 is 32.5 Å². The normalized spacial score (nSPS) is 18.6. The molecule has 190 valence electrons. The highest BCUT2D eigenvalue weighted by molar-refractivity contribution is 5.90. The number of urea groups is 1. The molecule has 2 saturated heterocycles. The first-order valence-corrected chi connectivity index (χ1v) is 11.4. The van der Waals surface area contributed by atoms with E-state index in [1.165, 1.54) is 11.1 Å². The smallest absolute Gasteiger partial charge is 0.393 e. The molecule has 2 aromatic heterocycles. The predicted molar refractivity (Wildman–Crippen MR) is 123 cm³/mol. The number of aliphatic hydroxyl groups excluding tert-OH is 1. The minimum atomic E-state index is -4.31. The van der Waals surface area contributed by atoms with Gasteiger partial charge in [0.25, 0.3) is 0 Å². The van der Waals surface area contributed by atoms with Crippen LogP contribution in [0.15, 0.2) is 24.5 Å². The van der Waals surface area contributed by atoms with E-state index in [9.17, 15) is 18.0 Å². The third-order valence-corrected chi connectivity index (χ3v) is 6.10. The molecule has 4 heterocycles. The highest BCUT2D eigenvalue weighted by Gasteiger charge is 2.44. The number of halogens is 3. The van der Waals surface area contributed by atoms with Crippen LogP contribution < -0.4 is 15.0 Å². The van der Waals surface area contributed by atoms with Crippen LogP contribution in [0.3, 0.4) is 0 Å². The molecule has 2 aliphatic rings. The van der Waals surface area contributed by atoms with Crippen molar-refractivity contribution in [2.75, 3.05) is 62.8 Å². The molecule has 2 aliphatic heterocycles. The average Bonchev–Trinajstić information content (AvgIpc) is 3.36. The number of hydrogen-bond acceptors (Lipinski definition) is 7. The number of amides is 2. The van der Waals surface area contributed by atoms with E-state index >= 15 is 0 Å². The fourth-order valence-electron chi connectivity index (χ4n) is 4.18. The van der Waals surface area contributed by atoms with Crippen molar-refractivity contribution in [3.63, 3.8) is 0 Å². The van der Waals surface area contributed by atoms with Crippen LogP contribution in [0.2, 0.25) is 0 Å². The summed E-state index contributed by atoms with van der Waals surface area (Å²) in [5, 5.41) is 11.8. The van der Waals surface area contributed by atoms with Crippen molar-refractivity contribution in [1.82, 2.24) is 14.9 Å². The summed E-state index contributed by atoms with van der Waals surface area (Å²) in [6.07, 6.45) is -1.31. The number of nitrogens with zero attached hydrogens (tertiary/aromatic N) is 4. The molecule has 1 atom stereocenters. The number of rotatable bonds is 6. The zero-order valence-electron chi connectivity index (χ0n) is 19.3. The topological polar surface area (TPSA) is 100 Å². The van der Waals surface area contributed by atoms with Gasteiger partial charge in [-0.05, 0) is 25.5 Å². The van der Waals surface area contributed by atoms with E-state index in [1.807, 2.05) is 13.0 Å². The van der Waals surface area contributed by atoms with E-state index in [4.69, 9.17) is 14.6 Å². The summed E-state index contributed by atoms with van der Waals surface area (Å²) in [5.74, 6) is -1.11. The molecule has 2 aromatic rings. The molecule has 0 aliphatic carbocycles. The minimum absolute atomic E-state index is 0.0459. The second kappa shape index (κ2) is 10.6. The van der Waals surface area contributed by atoms with Gasteiger partial charge in [0.1, 0.15) is 12.3 Å². The predicted octanol–water partition coefficient (Wildman–Crippen LogP) is 3.08. The lowest BCUT2D eigenvalue weighted by Gasteiger charge is -2.30. The SMILES string of the molecule is Cc1ncc(NC(=O)N2CCC(C(F)(F)F)C2)cc1-c1cnc(OCCO)c(N2CCOCC2)c1. The quantitative estimate of drug-likeness (QED) is 0.635. The van der Waals surface area contributed by atoms with E-state index in [2.05, 4.69) is 20.2 Å². The maximum atomic E-state index is 13.0. The minimum Gasteiger partial charge on any atom is -0.474 e. The summed E-state index contributed by atoms with van der Waals surface area (Å²) >= 11 is 0. The molecule has 9 nitrogen and oxygen atoms in total. The lowest BCUT2D eigenvalue weighted by atomic mass is 10.0. The Kier molecular flexibility index (Phi) is 7.60. The molecule has 0 spiro atoms. The Balaban J connectivity index is 1.55. The largest absolute Gasteiger partial charge is 0.474 e. The maximum Gasteiger partial charge on any atom is 0.393 e. The first-order valence-electron chi connectivity index (χ1n) is 11.4.